The van der Waals surface area contributed by atoms with Crippen molar-refractivity contribution >= 4 is 11.8 Å². The average Bonchev–Trinajstić information content (AvgIpc) is 2.99. The topological polar surface area (TPSA) is 32.3 Å². The predicted molar refractivity (Wildman–Crippen MR) is 71.6 cm³/mol. The number of fused-ring (bicyclic) bond motifs is 1. The Labute approximate surface area is 107 Å². The van der Waals surface area contributed by atoms with Crippen molar-refractivity contribution in [3.05, 3.63) is 29.8 Å². The van der Waals surface area contributed by atoms with Crippen molar-refractivity contribution in [3.63, 3.8) is 0 Å². The predicted octanol–water partition coefficient (Wildman–Crippen LogP) is 2.38. The van der Waals surface area contributed by atoms with E-state index in [9.17, 15) is 5.11 Å². The van der Waals surface area contributed by atoms with E-state index in [0.717, 1.165) is 19.4 Å². The lowest BCUT2D eigenvalue weighted by molar-refractivity contribution is 0.163. The van der Waals surface area contributed by atoms with Crippen molar-refractivity contribution in [2.75, 3.05) is 18.9 Å². The number of rotatable bonds is 3. The summed E-state index contributed by atoms with van der Waals surface area (Å²) in [6.45, 7) is 1.33. The monoisotopic (exact) mass is 249 g/mol. The van der Waals surface area contributed by atoms with Crippen LogP contribution in [0.15, 0.2) is 29.2 Å². The van der Waals surface area contributed by atoms with Gasteiger partial charge in [-0.15, -0.1) is 11.8 Å². The van der Waals surface area contributed by atoms with Gasteiger partial charge in [-0.25, -0.2) is 0 Å². The SMILES string of the molecule is OCC1(CC2CSc3ccccc32)CCCN1. The minimum absolute atomic E-state index is 0.0112. The molecule has 0 aromatic heterocycles. The second-order valence-corrected chi connectivity index (χ2v) is 6.28. The summed E-state index contributed by atoms with van der Waals surface area (Å²) in [5.41, 5.74) is 1.47. The maximum Gasteiger partial charge on any atom is 0.0613 e. The van der Waals surface area contributed by atoms with Crippen LogP contribution in [0.1, 0.15) is 30.7 Å². The average molecular weight is 249 g/mol. The molecule has 0 amide bonds. The third-order valence-corrected chi connectivity index (χ3v) is 5.32. The molecule has 2 unspecified atom stereocenters. The highest BCUT2D eigenvalue weighted by Crippen LogP contribution is 2.44. The fourth-order valence-corrected chi connectivity index (χ4v) is 4.37. The molecular weight excluding hydrogens is 230 g/mol. The Morgan fingerprint density at radius 1 is 1.41 bits per heavy atom. The minimum Gasteiger partial charge on any atom is -0.394 e. The molecule has 0 bridgehead atoms. The van der Waals surface area contributed by atoms with Crippen LogP contribution in [0.5, 0.6) is 0 Å². The van der Waals surface area contributed by atoms with Crippen LogP contribution in [0.25, 0.3) is 0 Å². The van der Waals surface area contributed by atoms with Crippen molar-refractivity contribution in [2.45, 2.75) is 35.6 Å². The van der Waals surface area contributed by atoms with Crippen LogP contribution in [-0.2, 0) is 0 Å². The first kappa shape index (κ1) is 11.6. The van der Waals surface area contributed by atoms with Gasteiger partial charge < -0.3 is 10.4 Å². The molecule has 0 aliphatic carbocycles. The Bertz CT molecular complexity index is 401. The summed E-state index contributed by atoms with van der Waals surface area (Å²) in [5.74, 6) is 1.77. The molecule has 2 aliphatic rings. The van der Waals surface area contributed by atoms with E-state index in [2.05, 4.69) is 29.6 Å². The second kappa shape index (κ2) is 4.63. The molecule has 3 heteroatoms. The van der Waals surface area contributed by atoms with Gasteiger partial charge in [0.15, 0.2) is 0 Å². The summed E-state index contributed by atoms with van der Waals surface area (Å²) in [6.07, 6.45) is 3.39. The molecule has 92 valence electrons. The first-order valence-corrected chi connectivity index (χ1v) is 7.39. The largest absolute Gasteiger partial charge is 0.394 e. The van der Waals surface area contributed by atoms with Crippen molar-refractivity contribution in [1.29, 1.82) is 0 Å². The van der Waals surface area contributed by atoms with Crippen molar-refractivity contribution < 1.29 is 5.11 Å². The molecule has 0 spiro atoms. The van der Waals surface area contributed by atoms with Crippen LogP contribution in [0.4, 0.5) is 0 Å². The van der Waals surface area contributed by atoms with Gasteiger partial charge in [-0.1, -0.05) is 18.2 Å². The molecule has 3 rings (SSSR count). The van der Waals surface area contributed by atoms with Gasteiger partial charge in [0.1, 0.15) is 0 Å². The van der Waals surface area contributed by atoms with Crippen LogP contribution in [0.3, 0.4) is 0 Å². The summed E-state index contributed by atoms with van der Waals surface area (Å²) < 4.78 is 0. The van der Waals surface area contributed by atoms with Crippen LogP contribution in [0.2, 0.25) is 0 Å². The van der Waals surface area contributed by atoms with Crippen LogP contribution >= 0.6 is 11.8 Å². The van der Waals surface area contributed by atoms with Gasteiger partial charge in [-0.2, -0.15) is 0 Å². The Morgan fingerprint density at radius 2 is 2.29 bits per heavy atom. The molecule has 1 aromatic rings. The van der Waals surface area contributed by atoms with Gasteiger partial charge in [0, 0.05) is 16.2 Å². The molecule has 2 aliphatic heterocycles. The number of nitrogens with one attached hydrogen (secondary N) is 1. The lowest BCUT2D eigenvalue weighted by atomic mass is 9.84. The maximum absolute atomic E-state index is 9.66. The van der Waals surface area contributed by atoms with Gasteiger partial charge >= 0.3 is 0 Å². The maximum atomic E-state index is 9.66. The minimum atomic E-state index is -0.0112. The fraction of sp³-hybridized carbons (Fsp3) is 0.571. The standard InChI is InChI=1S/C14H19NOS/c16-10-14(6-3-7-15-14)8-11-9-17-13-5-2-1-4-12(11)13/h1-2,4-5,11,15-16H,3,6-10H2. The summed E-state index contributed by atoms with van der Waals surface area (Å²) in [5, 5.41) is 13.2. The normalized spacial score (nSPS) is 31.7. The highest BCUT2D eigenvalue weighted by molar-refractivity contribution is 7.99. The Kier molecular flexibility index (Phi) is 3.16. The third-order valence-electron chi connectivity index (χ3n) is 4.07. The molecule has 2 atom stereocenters. The molecular formula is C14H19NOS. The number of hydrogen-bond donors (Lipinski definition) is 2. The summed E-state index contributed by atoms with van der Waals surface area (Å²) in [7, 11) is 0. The number of benzene rings is 1. The molecule has 2 heterocycles. The molecule has 0 saturated carbocycles. The first-order chi connectivity index (χ1) is 8.33. The van der Waals surface area contributed by atoms with E-state index >= 15 is 0 Å². The second-order valence-electron chi connectivity index (χ2n) is 5.22. The van der Waals surface area contributed by atoms with Gasteiger partial charge in [0.25, 0.3) is 0 Å². The lowest BCUT2D eigenvalue weighted by Gasteiger charge is -2.30. The van der Waals surface area contributed by atoms with Crippen LogP contribution in [-0.4, -0.2) is 29.5 Å². The van der Waals surface area contributed by atoms with E-state index in [1.165, 1.54) is 22.6 Å². The van der Waals surface area contributed by atoms with Crippen LogP contribution in [0, 0.1) is 0 Å². The zero-order valence-corrected chi connectivity index (χ0v) is 10.8. The van der Waals surface area contributed by atoms with E-state index in [1.54, 1.807) is 0 Å². The number of aliphatic hydroxyl groups is 1. The zero-order valence-electron chi connectivity index (χ0n) is 9.98. The highest BCUT2D eigenvalue weighted by Gasteiger charge is 2.37. The Balaban J connectivity index is 1.79. The molecule has 1 aromatic carbocycles. The number of aliphatic hydroxyl groups excluding tert-OH is 1. The highest BCUT2D eigenvalue weighted by atomic mass is 32.2. The van der Waals surface area contributed by atoms with Crippen molar-refractivity contribution in [1.82, 2.24) is 5.32 Å². The Hall–Kier alpha value is -0.510. The molecule has 1 fully saturated rings. The molecule has 1 saturated heterocycles. The van der Waals surface area contributed by atoms with E-state index in [-0.39, 0.29) is 12.1 Å². The number of thioether (sulfide) groups is 1. The lowest BCUT2D eigenvalue weighted by Crippen LogP contribution is -2.44. The fourth-order valence-electron chi connectivity index (χ4n) is 3.11. The zero-order chi connectivity index (χ0) is 11.7. The van der Waals surface area contributed by atoms with E-state index in [4.69, 9.17) is 0 Å². The molecule has 0 radical (unpaired) electrons. The summed E-state index contributed by atoms with van der Waals surface area (Å²) in [4.78, 5) is 1.43. The van der Waals surface area contributed by atoms with Gasteiger partial charge in [-0.3, -0.25) is 0 Å². The number of hydrogen-bond acceptors (Lipinski definition) is 3. The van der Waals surface area contributed by atoms with E-state index in [0.29, 0.717) is 5.92 Å². The summed E-state index contributed by atoms with van der Waals surface area (Å²) >= 11 is 1.96. The van der Waals surface area contributed by atoms with E-state index < -0.39 is 0 Å². The van der Waals surface area contributed by atoms with Crippen LogP contribution < -0.4 is 5.32 Å². The molecule has 2 N–H and O–H groups in total. The Morgan fingerprint density at radius 3 is 3.06 bits per heavy atom. The molecule has 17 heavy (non-hydrogen) atoms. The van der Waals surface area contributed by atoms with Gasteiger partial charge in [0.05, 0.1) is 6.61 Å². The third kappa shape index (κ3) is 2.12. The smallest absolute Gasteiger partial charge is 0.0613 e. The van der Waals surface area contributed by atoms with Gasteiger partial charge in [-0.05, 0) is 43.4 Å². The van der Waals surface area contributed by atoms with E-state index in [1.807, 2.05) is 11.8 Å². The van der Waals surface area contributed by atoms with Crippen molar-refractivity contribution in [2.24, 2.45) is 0 Å². The first-order valence-electron chi connectivity index (χ1n) is 6.41. The van der Waals surface area contributed by atoms with Crippen molar-refractivity contribution in [3.8, 4) is 0 Å². The quantitative estimate of drug-likeness (QED) is 0.862. The molecule has 2 nitrogen and oxygen atoms in total. The van der Waals surface area contributed by atoms with Gasteiger partial charge in [0.2, 0.25) is 0 Å². The summed E-state index contributed by atoms with van der Waals surface area (Å²) in [6, 6.07) is 8.71.